The zero-order valence-electron chi connectivity index (χ0n) is 17.1. The number of carbonyl (C=O) groups is 1. The Kier molecular flexibility index (Phi) is 7.04. The second-order valence-electron chi connectivity index (χ2n) is 6.56. The van der Waals surface area contributed by atoms with E-state index in [0.717, 1.165) is 5.56 Å². The Labute approximate surface area is 181 Å². The van der Waals surface area contributed by atoms with Gasteiger partial charge in [-0.2, -0.15) is 13.5 Å². The number of benzene rings is 3. The van der Waals surface area contributed by atoms with Crippen LogP contribution in [0.25, 0.3) is 0 Å². The molecule has 0 saturated carbocycles. The summed E-state index contributed by atoms with van der Waals surface area (Å²) >= 11 is 0. The van der Waals surface area contributed by atoms with Gasteiger partial charge in [0.2, 0.25) is 0 Å². The Hall–Kier alpha value is -3.65. The summed E-state index contributed by atoms with van der Waals surface area (Å²) in [6.45, 7) is 4.04. The summed E-state index contributed by atoms with van der Waals surface area (Å²) in [4.78, 5) is 14.6. The molecule has 3 aromatic rings. The smallest absolute Gasteiger partial charge is 0.343 e. The first-order chi connectivity index (χ1) is 14.9. The van der Waals surface area contributed by atoms with Crippen molar-refractivity contribution in [3.8, 4) is 11.5 Å². The highest BCUT2D eigenvalue weighted by atomic mass is 32.2. The molecule has 160 valence electrons. The van der Waals surface area contributed by atoms with Crippen LogP contribution >= 0.6 is 0 Å². The van der Waals surface area contributed by atoms with E-state index in [2.05, 4.69) is 9.93 Å². The van der Waals surface area contributed by atoms with Crippen LogP contribution < -0.4 is 14.3 Å². The molecule has 0 aliphatic rings. The van der Waals surface area contributed by atoms with Crippen LogP contribution in [-0.4, -0.2) is 27.2 Å². The number of hydrogen-bond acceptors (Lipinski definition) is 6. The third-order valence-electron chi connectivity index (χ3n) is 4.20. The normalized spacial score (nSPS) is 11.3. The van der Waals surface area contributed by atoms with Crippen LogP contribution in [-0.2, 0) is 10.0 Å². The number of carbonyl (C=O) groups excluding carboxylic acids is 1. The van der Waals surface area contributed by atoms with Gasteiger partial charge in [0.15, 0.2) is 11.5 Å². The van der Waals surface area contributed by atoms with Crippen LogP contribution in [0.3, 0.4) is 0 Å². The van der Waals surface area contributed by atoms with Crippen molar-refractivity contribution in [3.05, 3.63) is 89.5 Å². The molecule has 0 aromatic heterocycles. The topological polar surface area (TPSA) is 94.1 Å². The number of rotatable bonds is 8. The minimum absolute atomic E-state index is 0.119. The fourth-order valence-corrected chi connectivity index (χ4v) is 3.42. The fourth-order valence-electron chi connectivity index (χ4n) is 2.63. The van der Waals surface area contributed by atoms with Gasteiger partial charge in [-0.3, -0.25) is 0 Å². The predicted octanol–water partition coefficient (Wildman–Crippen LogP) is 3.93. The predicted molar refractivity (Wildman–Crippen MR) is 118 cm³/mol. The van der Waals surface area contributed by atoms with Crippen molar-refractivity contribution >= 4 is 22.2 Å². The van der Waals surface area contributed by atoms with E-state index < -0.39 is 16.0 Å². The van der Waals surface area contributed by atoms with Crippen molar-refractivity contribution in [3.63, 3.8) is 0 Å². The molecule has 0 aliphatic heterocycles. The van der Waals surface area contributed by atoms with E-state index in [1.807, 2.05) is 13.0 Å². The third kappa shape index (κ3) is 5.93. The summed E-state index contributed by atoms with van der Waals surface area (Å²) < 4.78 is 35.6. The van der Waals surface area contributed by atoms with Crippen LogP contribution in [0.2, 0.25) is 0 Å². The van der Waals surface area contributed by atoms with Gasteiger partial charge in [-0.25, -0.2) is 9.63 Å². The molecule has 3 rings (SSSR count). The SMILES string of the molecule is CCOc1cc(/C=N/NS(=O)(=O)c2ccc(C)cc2)ccc1OC(=O)c1ccccc1. The Morgan fingerprint density at radius 2 is 1.71 bits per heavy atom. The molecule has 0 atom stereocenters. The first-order valence-corrected chi connectivity index (χ1v) is 11.0. The van der Waals surface area contributed by atoms with E-state index in [4.69, 9.17) is 9.47 Å². The van der Waals surface area contributed by atoms with E-state index in [-0.39, 0.29) is 10.6 Å². The van der Waals surface area contributed by atoms with Gasteiger partial charge in [0, 0.05) is 0 Å². The molecule has 1 N–H and O–H groups in total. The molecule has 8 heteroatoms. The lowest BCUT2D eigenvalue weighted by Crippen LogP contribution is -2.18. The first kappa shape index (κ1) is 22.0. The molecule has 0 heterocycles. The average molecular weight is 439 g/mol. The Balaban J connectivity index is 1.74. The van der Waals surface area contributed by atoms with Gasteiger partial charge in [-0.15, -0.1) is 0 Å². The fraction of sp³-hybridized carbons (Fsp3) is 0.130. The van der Waals surface area contributed by atoms with Gasteiger partial charge in [0.05, 0.1) is 23.3 Å². The van der Waals surface area contributed by atoms with Crippen molar-refractivity contribution in [2.24, 2.45) is 5.10 Å². The van der Waals surface area contributed by atoms with E-state index in [1.54, 1.807) is 61.5 Å². The van der Waals surface area contributed by atoms with E-state index in [1.165, 1.54) is 18.3 Å². The number of nitrogens with zero attached hydrogens (tertiary/aromatic N) is 1. The highest BCUT2D eigenvalue weighted by molar-refractivity contribution is 7.89. The number of nitrogens with one attached hydrogen (secondary N) is 1. The molecule has 7 nitrogen and oxygen atoms in total. The van der Waals surface area contributed by atoms with Gasteiger partial charge in [-0.05, 0) is 61.9 Å². The van der Waals surface area contributed by atoms with Crippen LogP contribution in [0.5, 0.6) is 11.5 Å². The molecule has 0 saturated heterocycles. The number of hydrazone groups is 1. The largest absolute Gasteiger partial charge is 0.490 e. The Bertz CT molecular complexity index is 1170. The summed E-state index contributed by atoms with van der Waals surface area (Å²) in [5.74, 6) is 0.0963. The lowest BCUT2D eigenvalue weighted by atomic mass is 10.2. The number of ether oxygens (including phenoxy) is 2. The summed E-state index contributed by atoms with van der Waals surface area (Å²) in [6.07, 6.45) is 1.34. The van der Waals surface area contributed by atoms with Crippen molar-refractivity contribution < 1.29 is 22.7 Å². The molecule has 0 unspecified atom stereocenters. The summed E-state index contributed by atoms with van der Waals surface area (Å²) in [6, 6.07) is 19.9. The monoisotopic (exact) mass is 438 g/mol. The number of aryl methyl sites for hydroxylation is 1. The molecule has 31 heavy (non-hydrogen) atoms. The lowest BCUT2D eigenvalue weighted by Gasteiger charge is -2.11. The highest BCUT2D eigenvalue weighted by Gasteiger charge is 2.14. The maximum absolute atomic E-state index is 12.3. The average Bonchev–Trinajstić information content (AvgIpc) is 2.76. The molecule has 0 fully saturated rings. The standard InChI is InChI=1S/C23H22N2O5S/c1-3-29-22-15-18(11-14-21(22)30-23(26)19-7-5-4-6-8-19)16-24-25-31(27,28)20-12-9-17(2)10-13-20/h4-16,25H,3H2,1-2H3/b24-16+. The van der Waals surface area contributed by atoms with Crippen LogP contribution in [0.4, 0.5) is 0 Å². The van der Waals surface area contributed by atoms with Crippen molar-refractivity contribution in [2.45, 2.75) is 18.7 Å². The van der Waals surface area contributed by atoms with Crippen LogP contribution in [0.15, 0.2) is 82.8 Å². The molecule has 0 radical (unpaired) electrons. The number of sulfonamides is 1. The van der Waals surface area contributed by atoms with Gasteiger partial charge < -0.3 is 9.47 Å². The van der Waals surface area contributed by atoms with E-state index >= 15 is 0 Å². The second-order valence-corrected chi connectivity index (χ2v) is 8.22. The zero-order valence-corrected chi connectivity index (χ0v) is 17.9. The summed E-state index contributed by atoms with van der Waals surface area (Å²) in [5.41, 5.74) is 1.94. The lowest BCUT2D eigenvalue weighted by molar-refractivity contribution is 0.0728. The minimum Gasteiger partial charge on any atom is -0.490 e. The molecule has 0 aliphatic carbocycles. The zero-order chi connectivity index (χ0) is 22.3. The van der Waals surface area contributed by atoms with Gasteiger partial charge in [0.25, 0.3) is 10.0 Å². The van der Waals surface area contributed by atoms with Crippen molar-refractivity contribution in [1.82, 2.24) is 4.83 Å². The number of esters is 1. The molecule has 0 bridgehead atoms. The summed E-state index contributed by atoms with van der Waals surface area (Å²) in [7, 11) is -3.77. The van der Waals surface area contributed by atoms with E-state index in [9.17, 15) is 13.2 Å². The minimum atomic E-state index is -3.77. The van der Waals surface area contributed by atoms with E-state index in [0.29, 0.717) is 23.5 Å². The molecule has 3 aromatic carbocycles. The van der Waals surface area contributed by atoms with Crippen molar-refractivity contribution in [2.75, 3.05) is 6.61 Å². The maximum Gasteiger partial charge on any atom is 0.343 e. The first-order valence-electron chi connectivity index (χ1n) is 9.54. The Morgan fingerprint density at radius 3 is 2.39 bits per heavy atom. The van der Waals surface area contributed by atoms with Gasteiger partial charge >= 0.3 is 5.97 Å². The van der Waals surface area contributed by atoms with Crippen LogP contribution in [0.1, 0.15) is 28.4 Å². The Morgan fingerprint density at radius 1 is 1.00 bits per heavy atom. The third-order valence-corrected chi connectivity index (χ3v) is 5.44. The summed E-state index contributed by atoms with van der Waals surface area (Å²) in [5, 5.41) is 3.83. The van der Waals surface area contributed by atoms with Crippen LogP contribution in [0, 0.1) is 6.92 Å². The maximum atomic E-state index is 12.3. The molecular weight excluding hydrogens is 416 g/mol. The van der Waals surface area contributed by atoms with Gasteiger partial charge in [0.1, 0.15) is 0 Å². The van der Waals surface area contributed by atoms with Gasteiger partial charge in [-0.1, -0.05) is 35.9 Å². The molecule has 0 spiro atoms. The molecular formula is C23H22N2O5S. The second kappa shape index (κ2) is 9.90. The molecule has 0 amide bonds. The van der Waals surface area contributed by atoms with Crippen molar-refractivity contribution in [1.29, 1.82) is 0 Å². The number of hydrogen-bond donors (Lipinski definition) is 1. The quantitative estimate of drug-likeness (QED) is 0.249. The highest BCUT2D eigenvalue weighted by Crippen LogP contribution is 2.29.